The molecule has 0 spiro atoms. The molecule has 2 heterocycles. The second kappa shape index (κ2) is 11.6. The Kier molecular flexibility index (Phi) is 8.28. The Hall–Kier alpha value is -2.86. The summed E-state index contributed by atoms with van der Waals surface area (Å²) < 4.78 is 46.7. The summed E-state index contributed by atoms with van der Waals surface area (Å²) in [7, 11) is -4.17. The summed E-state index contributed by atoms with van der Waals surface area (Å²) in [5.74, 6) is -0.784. The Bertz CT molecular complexity index is 1690. The van der Waals surface area contributed by atoms with E-state index in [1.807, 2.05) is 31.2 Å². The normalized spacial score (nSPS) is 13.5. The molecular formula is C29H29BrFN3O4S2. The van der Waals surface area contributed by atoms with Gasteiger partial charge in [-0.2, -0.15) is 0 Å². The SMILES string of the molecule is CCOC(=O)c1nc(-c2cc(-c3cccc(Br)c3)n(Cc3ccc(S(N)(=O)=O)c(F)c3)c2CC2CC2)sc1CC. The number of aryl methyl sites for hydroxylation is 1. The van der Waals surface area contributed by atoms with Gasteiger partial charge in [0.1, 0.15) is 15.7 Å². The van der Waals surface area contributed by atoms with Gasteiger partial charge < -0.3 is 9.30 Å². The quantitative estimate of drug-likeness (QED) is 0.197. The number of benzene rings is 2. The predicted octanol–water partition coefficient (Wildman–Crippen LogP) is 6.57. The molecule has 0 bridgehead atoms. The molecule has 11 heteroatoms. The Morgan fingerprint density at radius 1 is 1.20 bits per heavy atom. The van der Waals surface area contributed by atoms with E-state index >= 15 is 0 Å². The minimum atomic E-state index is -4.17. The zero-order valence-electron chi connectivity index (χ0n) is 22.1. The van der Waals surface area contributed by atoms with Crippen molar-refractivity contribution in [2.45, 2.75) is 51.0 Å². The van der Waals surface area contributed by atoms with Crippen molar-refractivity contribution < 1.29 is 22.3 Å². The van der Waals surface area contributed by atoms with Crippen LogP contribution in [0.5, 0.6) is 0 Å². The van der Waals surface area contributed by atoms with Crippen LogP contribution in [0.25, 0.3) is 21.8 Å². The van der Waals surface area contributed by atoms with Crippen molar-refractivity contribution in [2.75, 3.05) is 6.61 Å². The first-order valence-electron chi connectivity index (χ1n) is 13.1. The van der Waals surface area contributed by atoms with E-state index in [2.05, 4.69) is 26.6 Å². The first-order chi connectivity index (χ1) is 19.1. The van der Waals surface area contributed by atoms with E-state index in [4.69, 9.17) is 14.9 Å². The van der Waals surface area contributed by atoms with Crippen molar-refractivity contribution in [3.05, 3.63) is 80.6 Å². The van der Waals surface area contributed by atoms with Gasteiger partial charge in [0.2, 0.25) is 10.0 Å². The van der Waals surface area contributed by atoms with E-state index in [0.717, 1.165) is 56.1 Å². The molecule has 5 rings (SSSR count). The van der Waals surface area contributed by atoms with Gasteiger partial charge in [-0.1, -0.05) is 41.1 Å². The summed E-state index contributed by atoms with van der Waals surface area (Å²) in [6.45, 7) is 4.34. The van der Waals surface area contributed by atoms with E-state index in [9.17, 15) is 17.6 Å². The fourth-order valence-electron chi connectivity index (χ4n) is 4.78. The van der Waals surface area contributed by atoms with Crippen LogP contribution < -0.4 is 5.14 Å². The number of rotatable bonds is 10. The van der Waals surface area contributed by atoms with Crippen LogP contribution in [0.4, 0.5) is 4.39 Å². The average molecular weight is 647 g/mol. The molecule has 0 aliphatic heterocycles. The number of nitrogens with two attached hydrogens (primary N) is 1. The van der Waals surface area contributed by atoms with Gasteiger partial charge in [-0.3, -0.25) is 0 Å². The molecule has 0 amide bonds. The maximum Gasteiger partial charge on any atom is 0.358 e. The first-order valence-corrected chi connectivity index (χ1v) is 16.2. The molecule has 1 fully saturated rings. The van der Waals surface area contributed by atoms with Gasteiger partial charge in [0.25, 0.3) is 0 Å². The third-order valence-electron chi connectivity index (χ3n) is 6.87. The molecule has 2 aromatic carbocycles. The van der Waals surface area contributed by atoms with Gasteiger partial charge in [-0.25, -0.2) is 27.7 Å². The van der Waals surface area contributed by atoms with Crippen molar-refractivity contribution in [2.24, 2.45) is 11.1 Å². The number of carbonyl (C=O) groups is 1. The molecule has 4 aromatic rings. The van der Waals surface area contributed by atoms with Crippen LogP contribution in [0.2, 0.25) is 0 Å². The summed E-state index contributed by atoms with van der Waals surface area (Å²) in [6, 6.07) is 14.0. The number of hydrogen-bond donors (Lipinski definition) is 1. The number of carbonyl (C=O) groups excluding carboxylic acids is 1. The number of sulfonamides is 1. The second-order valence-corrected chi connectivity index (χ2v) is 13.3. The highest BCUT2D eigenvalue weighted by atomic mass is 79.9. The Labute approximate surface area is 245 Å². The lowest BCUT2D eigenvalue weighted by atomic mass is 10.1. The fraction of sp³-hybridized carbons (Fsp3) is 0.310. The van der Waals surface area contributed by atoms with Crippen LogP contribution in [0.15, 0.2) is 57.9 Å². The van der Waals surface area contributed by atoms with Crippen LogP contribution in [0, 0.1) is 11.7 Å². The van der Waals surface area contributed by atoms with E-state index in [-0.39, 0.29) is 6.61 Å². The zero-order valence-corrected chi connectivity index (χ0v) is 25.3. The molecule has 40 heavy (non-hydrogen) atoms. The number of aromatic nitrogens is 2. The topological polar surface area (TPSA) is 104 Å². The third kappa shape index (κ3) is 6.07. The number of primary sulfonamides is 1. The van der Waals surface area contributed by atoms with Gasteiger partial charge in [0.15, 0.2) is 5.69 Å². The maximum atomic E-state index is 14.8. The molecule has 2 aromatic heterocycles. The summed E-state index contributed by atoms with van der Waals surface area (Å²) in [5.41, 5.74) is 4.78. The molecule has 7 nitrogen and oxygen atoms in total. The van der Waals surface area contributed by atoms with E-state index in [1.165, 1.54) is 23.5 Å². The minimum absolute atomic E-state index is 0.270. The Morgan fingerprint density at radius 3 is 2.60 bits per heavy atom. The van der Waals surface area contributed by atoms with Crippen LogP contribution in [0.1, 0.15) is 53.3 Å². The van der Waals surface area contributed by atoms with Crippen molar-refractivity contribution in [3.63, 3.8) is 0 Å². The van der Waals surface area contributed by atoms with Gasteiger partial charge in [0.05, 0.1) is 6.61 Å². The lowest BCUT2D eigenvalue weighted by Crippen LogP contribution is -2.14. The number of ether oxygens (including phenoxy) is 1. The average Bonchev–Trinajstić information content (AvgIpc) is 3.50. The van der Waals surface area contributed by atoms with Gasteiger partial charge in [-0.15, -0.1) is 11.3 Å². The van der Waals surface area contributed by atoms with Gasteiger partial charge in [0, 0.05) is 32.8 Å². The number of esters is 1. The zero-order chi connectivity index (χ0) is 28.6. The van der Waals surface area contributed by atoms with Crippen LogP contribution >= 0.6 is 27.3 Å². The maximum absolute atomic E-state index is 14.8. The van der Waals surface area contributed by atoms with E-state index in [0.29, 0.717) is 30.1 Å². The van der Waals surface area contributed by atoms with Crippen molar-refractivity contribution >= 4 is 43.3 Å². The first kappa shape index (κ1) is 28.7. The standard InChI is InChI=1S/C29H29BrFN3O4S2/c1-3-25-27(29(35)38-4-2)33-28(39-25)21-15-23(19-6-5-7-20(30)14-19)34(24(21)13-17-8-9-17)16-18-10-11-26(22(31)12-18)40(32,36)37/h5-7,10-12,14-15,17H,3-4,8-9,13,16H2,1-2H3,(H2,32,36,37). The largest absolute Gasteiger partial charge is 0.461 e. The highest BCUT2D eigenvalue weighted by Gasteiger charge is 2.29. The van der Waals surface area contributed by atoms with Crippen LogP contribution in [-0.2, 0) is 34.1 Å². The molecule has 2 N–H and O–H groups in total. The summed E-state index contributed by atoms with van der Waals surface area (Å²) in [4.78, 5) is 17.8. The molecule has 1 aliphatic rings. The highest BCUT2D eigenvalue weighted by Crippen LogP contribution is 2.42. The predicted molar refractivity (Wildman–Crippen MR) is 157 cm³/mol. The monoisotopic (exact) mass is 645 g/mol. The molecule has 0 atom stereocenters. The summed E-state index contributed by atoms with van der Waals surface area (Å²) in [6.07, 6.45) is 3.71. The molecular weight excluding hydrogens is 617 g/mol. The molecule has 0 radical (unpaired) electrons. The number of halogens is 2. The second-order valence-electron chi connectivity index (χ2n) is 9.81. The van der Waals surface area contributed by atoms with Crippen LogP contribution in [0.3, 0.4) is 0 Å². The number of nitrogens with zero attached hydrogens (tertiary/aromatic N) is 2. The Morgan fingerprint density at radius 2 is 1.98 bits per heavy atom. The smallest absolute Gasteiger partial charge is 0.358 e. The van der Waals surface area contributed by atoms with Gasteiger partial charge >= 0.3 is 5.97 Å². The third-order valence-corrected chi connectivity index (χ3v) is 9.54. The molecule has 1 saturated carbocycles. The molecule has 210 valence electrons. The highest BCUT2D eigenvalue weighted by molar-refractivity contribution is 9.10. The van der Waals surface area contributed by atoms with Crippen molar-refractivity contribution in [3.8, 4) is 21.8 Å². The summed E-state index contributed by atoms with van der Waals surface area (Å²) >= 11 is 5.06. The fourth-order valence-corrected chi connectivity index (χ4v) is 6.79. The van der Waals surface area contributed by atoms with Crippen molar-refractivity contribution in [1.29, 1.82) is 0 Å². The lowest BCUT2D eigenvalue weighted by molar-refractivity contribution is 0.0519. The number of hydrogen-bond acceptors (Lipinski definition) is 6. The number of thiazole rings is 1. The van der Waals surface area contributed by atoms with E-state index < -0.39 is 26.7 Å². The summed E-state index contributed by atoms with van der Waals surface area (Å²) in [5, 5.41) is 5.92. The minimum Gasteiger partial charge on any atom is -0.461 e. The van der Waals surface area contributed by atoms with E-state index in [1.54, 1.807) is 13.0 Å². The van der Waals surface area contributed by atoms with Gasteiger partial charge in [-0.05, 0) is 80.0 Å². The lowest BCUT2D eigenvalue weighted by Gasteiger charge is -2.16. The van der Waals surface area contributed by atoms with Crippen molar-refractivity contribution in [1.82, 2.24) is 9.55 Å². The molecule has 0 unspecified atom stereocenters. The molecule has 1 aliphatic carbocycles. The van der Waals surface area contributed by atoms with Crippen LogP contribution in [-0.4, -0.2) is 30.5 Å². The molecule has 0 saturated heterocycles. The Balaban J connectivity index is 1.69.